The highest BCUT2D eigenvalue weighted by molar-refractivity contribution is 6.30. The summed E-state index contributed by atoms with van der Waals surface area (Å²) >= 11 is 5.71. The molecule has 1 amide bonds. The Morgan fingerprint density at radius 1 is 1.07 bits per heavy atom. The second-order valence-corrected chi connectivity index (χ2v) is 6.41. The van der Waals surface area contributed by atoms with Gasteiger partial charge in [-0.1, -0.05) is 29.8 Å². The van der Waals surface area contributed by atoms with E-state index in [4.69, 9.17) is 11.6 Å². The van der Waals surface area contributed by atoms with Crippen molar-refractivity contribution in [3.8, 4) is 11.1 Å². The van der Waals surface area contributed by atoms with E-state index < -0.39 is 17.6 Å². The maximum absolute atomic E-state index is 13.3. The van der Waals surface area contributed by atoms with Gasteiger partial charge >= 0.3 is 6.18 Å². The Bertz CT molecular complexity index is 1020. The molecule has 0 aliphatic heterocycles. The first-order valence-corrected chi connectivity index (χ1v) is 8.56. The lowest BCUT2D eigenvalue weighted by molar-refractivity contribution is -0.614. The number of amides is 1. The number of hydrogen-bond donors (Lipinski definition) is 1. The summed E-state index contributed by atoms with van der Waals surface area (Å²) in [5.41, 5.74) is -0.213. The van der Waals surface area contributed by atoms with Crippen molar-refractivity contribution in [2.24, 2.45) is 0 Å². The van der Waals surface area contributed by atoms with E-state index in [2.05, 4.69) is 5.32 Å². The van der Waals surface area contributed by atoms with Gasteiger partial charge in [-0.25, -0.2) is 0 Å². The number of hydrogen-bond acceptors (Lipinski definition) is 2. The van der Waals surface area contributed by atoms with E-state index in [1.807, 2.05) is 0 Å². The van der Waals surface area contributed by atoms with Gasteiger partial charge in [0.15, 0.2) is 6.20 Å². The highest BCUT2D eigenvalue weighted by atomic mass is 35.5. The quantitative estimate of drug-likeness (QED) is 0.509. The molecule has 0 aliphatic rings. The van der Waals surface area contributed by atoms with Crippen LogP contribution in [0.1, 0.15) is 21.6 Å². The van der Waals surface area contributed by atoms with E-state index in [1.165, 1.54) is 42.6 Å². The summed E-state index contributed by atoms with van der Waals surface area (Å²) in [6, 6.07) is 14.1. The zero-order chi connectivity index (χ0) is 20.3. The summed E-state index contributed by atoms with van der Waals surface area (Å²) < 4.78 is 40.7. The van der Waals surface area contributed by atoms with Crippen molar-refractivity contribution in [2.75, 3.05) is 0 Å². The van der Waals surface area contributed by atoms with Gasteiger partial charge in [-0.15, -0.1) is 0 Å². The Kier molecular flexibility index (Phi) is 5.56. The minimum Gasteiger partial charge on any atom is -0.618 e. The number of rotatable bonds is 4. The molecule has 8 heteroatoms. The van der Waals surface area contributed by atoms with Crippen LogP contribution in [0.5, 0.6) is 0 Å². The van der Waals surface area contributed by atoms with Crippen LogP contribution in [0.3, 0.4) is 0 Å². The number of halogens is 4. The van der Waals surface area contributed by atoms with Gasteiger partial charge < -0.3 is 10.5 Å². The van der Waals surface area contributed by atoms with Gasteiger partial charge in [-0.2, -0.15) is 17.9 Å². The highest BCUT2D eigenvalue weighted by Gasteiger charge is 2.34. The third-order valence-electron chi connectivity index (χ3n) is 4.06. The summed E-state index contributed by atoms with van der Waals surface area (Å²) in [4.78, 5) is 12.4. The third kappa shape index (κ3) is 4.43. The summed E-state index contributed by atoms with van der Waals surface area (Å²) in [6.45, 7) is -0.0118. The molecule has 0 fully saturated rings. The van der Waals surface area contributed by atoms with Crippen LogP contribution in [0.15, 0.2) is 66.9 Å². The van der Waals surface area contributed by atoms with Gasteiger partial charge in [-0.3, -0.25) is 4.79 Å². The summed E-state index contributed by atoms with van der Waals surface area (Å²) in [6.07, 6.45) is -3.28. The van der Waals surface area contributed by atoms with Crippen LogP contribution < -0.4 is 10.0 Å². The lowest BCUT2D eigenvalue weighted by Gasteiger charge is -2.14. The predicted octanol–water partition coefficient (Wildman–Crippen LogP) is 4.59. The van der Waals surface area contributed by atoms with E-state index in [0.29, 0.717) is 10.4 Å². The Morgan fingerprint density at radius 3 is 2.57 bits per heavy atom. The zero-order valence-electron chi connectivity index (χ0n) is 14.3. The van der Waals surface area contributed by atoms with Crippen molar-refractivity contribution in [1.29, 1.82) is 0 Å². The van der Waals surface area contributed by atoms with Crippen molar-refractivity contribution in [3.63, 3.8) is 0 Å². The van der Waals surface area contributed by atoms with Crippen LogP contribution in [0.2, 0.25) is 5.02 Å². The van der Waals surface area contributed by atoms with Crippen molar-refractivity contribution in [1.82, 2.24) is 5.32 Å². The van der Waals surface area contributed by atoms with Gasteiger partial charge in [0.1, 0.15) is 6.54 Å². The van der Waals surface area contributed by atoms with Crippen molar-refractivity contribution >= 4 is 17.5 Å². The molecular weight excluding hydrogens is 393 g/mol. The minimum atomic E-state index is -4.59. The number of nitrogens with one attached hydrogen (secondary N) is 1. The van der Waals surface area contributed by atoms with Crippen LogP contribution in [-0.2, 0) is 12.7 Å². The number of nitrogens with zero attached hydrogens (tertiary/aromatic N) is 1. The molecular formula is C20H14ClF3N2O2. The fourth-order valence-corrected chi connectivity index (χ4v) is 2.88. The van der Waals surface area contributed by atoms with Crippen molar-refractivity contribution in [3.05, 3.63) is 93.9 Å². The molecule has 0 aliphatic carbocycles. The maximum Gasteiger partial charge on any atom is 0.417 e. The van der Waals surface area contributed by atoms with Gasteiger partial charge in [0, 0.05) is 22.7 Å². The molecule has 0 saturated carbocycles. The second-order valence-electron chi connectivity index (χ2n) is 5.97. The Balaban J connectivity index is 1.87. The van der Waals surface area contributed by atoms with Gasteiger partial charge in [0.2, 0.25) is 5.69 Å². The second kappa shape index (κ2) is 7.90. The molecule has 3 aromatic rings. The molecule has 0 bridgehead atoms. The lowest BCUT2D eigenvalue weighted by Crippen LogP contribution is -2.35. The van der Waals surface area contributed by atoms with Crippen molar-refractivity contribution < 1.29 is 22.7 Å². The molecule has 28 heavy (non-hydrogen) atoms. The monoisotopic (exact) mass is 406 g/mol. The van der Waals surface area contributed by atoms with Gasteiger partial charge in [-0.05, 0) is 41.5 Å². The zero-order valence-corrected chi connectivity index (χ0v) is 15.1. The Morgan fingerprint density at radius 2 is 1.86 bits per heavy atom. The Hall–Kier alpha value is -3.06. The number of carbonyl (C=O) groups is 1. The van der Waals surface area contributed by atoms with Crippen LogP contribution in [0, 0.1) is 5.21 Å². The average Bonchev–Trinajstić information content (AvgIpc) is 2.66. The van der Waals surface area contributed by atoms with E-state index in [-0.39, 0.29) is 28.3 Å². The predicted molar refractivity (Wildman–Crippen MR) is 98.5 cm³/mol. The molecule has 1 aromatic heterocycles. The highest BCUT2D eigenvalue weighted by Crippen LogP contribution is 2.38. The standard InChI is InChI=1S/C20H14ClF3N2O2/c21-15-7-8-17(18(11-15)20(22,23)24)13-4-3-5-14(10-13)19(27)25-12-16-6-1-2-9-26(16)28/h1-11H,12H2,(H,25,27). The van der Waals surface area contributed by atoms with Crippen LogP contribution in [0.4, 0.5) is 13.2 Å². The van der Waals surface area contributed by atoms with Crippen LogP contribution in [0.25, 0.3) is 11.1 Å². The van der Waals surface area contributed by atoms with E-state index in [1.54, 1.807) is 18.2 Å². The summed E-state index contributed by atoms with van der Waals surface area (Å²) in [5, 5.41) is 14.2. The molecule has 0 unspecified atom stereocenters. The number of aromatic nitrogens is 1. The topological polar surface area (TPSA) is 56.0 Å². The Labute approximate surface area is 163 Å². The maximum atomic E-state index is 13.3. The summed E-state index contributed by atoms with van der Waals surface area (Å²) in [5.74, 6) is -0.506. The van der Waals surface area contributed by atoms with E-state index in [0.717, 1.165) is 6.07 Å². The fourth-order valence-electron chi connectivity index (χ4n) is 2.70. The van der Waals surface area contributed by atoms with E-state index in [9.17, 15) is 23.2 Å². The molecule has 0 radical (unpaired) electrons. The minimum absolute atomic E-state index is 0.0118. The molecule has 1 heterocycles. The fraction of sp³-hybridized carbons (Fsp3) is 0.100. The normalized spacial score (nSPS) is 11.3. The van der Waals surface area contributed by atoms with Crippen LogP contribution in [-0.4, -0.2) is 5.91 Å². The third-order valence-corrected chi connectivity index (χ3v) is 4.29. The molecule has 2 aromatic carbocycles. The smallest absolute Gasteiger partial charge is 0.417 e. The van der Waals surface area contributed by atoms with Crippen LogP contribution >= 0.6 is 11.6 Å². The number of benzene rings is 2. The lowest BCUT2D eigenvalue weighted by atomic mass is 9.97. The SMILES string of the molecule is O=C(NCc1cccc[n+]1[O-])c1cccc(-c2ccc(Cl)cc2C(F)(F)F)c1. The first-order valence-electron chi connectivity index (χ1n) is 8.18. The molecule has 0 saturated heterocycles. The molecule has 4 nitrogen and oxygen atoms in total. The average molecular weight is 407 g/mol. The van der Waals surface area contributed by atoms with Gasteiger partial charge in [0.25, 0.3) is 5.91 Å². The van der Waals surface area contributed by atoms with Crippen molar-refractivity contribution in [2.45, 2.75) is 12.7 Å². The van der Waals surface area contributed by atoms with E-state index >= 15 is 0 Å². The molecule has 3 rings (SSSR count). The molecule has 144 valence electrons. The number of pyridine rings is 1. The summed E-state index contributed by atoms with van der Waals surface area (Å²) in [7, 11) is 0. The molecule has 1 N–H and O–H groups in total. The van der Waals surface area contributed by atoms with Gasteiger partial charge in [0.05, 0.1) is 5.56 Å². The largest absolute Gasteiger partial charge is 0.618 e. The number of carbonyl (C=O) groups excluding carboxylic acids is 1. The first-order chi connectivity index (χ1) is 13.3. The first kappa shape index (κ1) is 19.7. The molecule has 0 atom stereocenters. The molecule has 0 spiro atoms. The number of alkyl halides is 3.